The lowest BCUT2D eigenvalue weighted by molar-refractivity contribution is 0.217. The van der Waals surface area contributed by atoms with Crippen LogP contribution in [0.4, 0.5) is 4.79 Å². The minimum absolute atomic E-state index is 0.0622. The average molecular weight is 253 g/mol. The molecule has 18 heavy (non-hydrogen) atoms. The molecule has 0 aliphatic heterocycles. The molecule has 0 aromatic carbocycles. The van der Waals surface area contributed by atoms with Gasteiger partial charge in [-0.05, 0) is 6.42 Å². The van der Waals surface area contributed by atoms with Crippen LogP contribution in [0.2, 0.25) is 0 Å². The molecule has 0 radical (unpaired) electrons. The van der Waals surface area contributed by atoms with E-state index in [4.69, 9.17) is 0 Å². The predicted octanol–water partition coefficient (Wildman–Crippen LogP) is 0.654. The molecule has 102 valence electrons. The molecule has 1 rings (SSSR count). The maximum atomic E-state index is 11.2. The molecule has 0 aliphatic carbocycles. The quantitative estimate of drug-likeness (QED) is 0.702. The van der Waals surface area contributed by atoms with E-state index in [1.165, 1.54) is 10.6 Å². The van der Waals surface area contributed by atoms with Gasteiger partial charge in [-0.15, -0.1) is 0 Å². The van der Waals surface area contributed by atoms with Crippen molar-refractivity contribution in [1.82, 2.24) is 25.1 Å². The molecule has 2 N–H and O–H groups in total. The van der Waals surface area contributed by atoms with Crippen molar-refractivity contribution in [3.63, 3.8) is 0 Å². The van der Waals surface area contributed by atoms with E-state index in [0.717, 1.165) is 26.1 Å². The van der Waals surface area contributed by atoms with Crippen LogP contribution >= 0.6 is 0 Å². The highest BCUT2D eigenvalue weighted by atomic mass is 16.2. The van der Waals surface area contributed by atoms with Crippen molar-refractivity contribution in [3.8, 4) is 0 Å². The lowest BCUT2D eigenvalue weighted by Gasteiger charge is -2.12. The van der Waals surface area contributed by atoms with Crippen LogP contribution in [0.25, 0.3) is 0 Å². The molecular weight excluding hydrogens is 230 g/mol. The Hall–Kier alpha value is -1.56. The van der Waals surface area contributed by atoms with Crippen molar-refractivity contribution in [2.75, 3.05) is 27.2 Å². The predicted molar refractivity (Wildman–Crippen MR) is 71.3 cm³/mol. The Morgan fingerprint density at radius 1 is 1.44 bits per heavy atom. The summed E-state index contributed by atoms with van der Waals surface area (Å²) in [7, 11) is 3.46. The summed E-state index contributed by atoms with van der Waals surface area (Å²) in [4.78, 5) is 16.9. The summed E-state index contributed by atoms with van der Waals surface area (Å²) in [6.07, 6.45) is 4.83. The van der Waals surface area contributed by atoms with Gasteiger partial charge in [-0.2, -0.15) is 0 Å². The Balaban J connectivity index is 2.17. The van der Waals surface area contributed by atoms with Gasteiger partial charge >= 0.3 is 6.03 Å². The lowest BCUT2D eigenvalue weighted by atomic mass is 10.4. The largest absolute Gasteiger partial charge is 0.337 e. The van der Waals surface area contributed by atoms with Gasteiger partial charge in [0.15, 0.2) is 0 Å². The van der Waals surface area contributed by atoms with E-state index in [2.05, 4.69) is 27.1 Å². The first-order valence-electron chi connectivity index (χ1n) is 6.30. The van der Waals surface area contributed by atoms with Gasteiger partial charge in [0.25, 0.3) is 0 Å². The number of carbonyl (C=O) groups excluding carboxylic acids is 1. The molecular formula is C12H23N5O. The number of rotatable bonds is 7. The summed E-state index contributed by atoms with van der Waals surface area (Å²) in [6.45, 7) is 5.29. The molecule has 1 heterocycles. The van der Waals surface area contributed by atoms with Crippen LogP contribution in [0, 0.1) is 0 Å². The van der Waals surface area contributed by atoms with Crippen molar-refractivity contribution in [2.45, 2.75) is 26.4 Å². The van der Waals surface area contributed by atoms with E-state index < -0.39 is 0 Å². The summed E-state index contributed by atoms with van der Waals surface area (Å²) in [5, 5.41) is 6.09. The SMILES string of the molecule is CCCn1cncc1CNCCNC(=O)N(C)C. The first-order chi connectivity index (χ1) is 8.65. The van der Waals surface area contributed by atoms with E-state index in [1.807, 2.05) is 12.5 Å². The van der Waals surface area contributed by atoms with Crippen molar-refractivity contribution in [2.24, 2.45) is 0 Å². The number of aryl methyl sites for hydroxylation is 1. The Bertz CT molecular complexity index is 361. The van der Waals surface area contributed by atoms with Gasteiger partial charge in [0.2, 0.25) is 0 Å². The summed E-state index contributed by atoms with van der Waals surface area (Å²) in [5.41, 5.74) is 1.18. The summed E-state index contributed by atoms with van der Waals surface area (Å²) < 4.78 is 2.14. The third kappa shape index (κ3) is 4.75. The average Bonchev–Trinajstić information content (AvgIpc) is 2.76. The molecule has 0 unspecified atom stereocenters. The first-order valence-corrected chi connectivity index (χ1v) is 6.30. The normalized spacial score (nSPS) is 10.4. The minimum atomic E-state index is -0.0622. The van der Waals surface area contributed by atoms with Crippen LogP contribution in [0.5, 0.6) is 0 Å². The molecule has 1 aromatic rings. The number of hydrogen-bond donors (Lipinski definition) is 2. The van der Waals surface area contributed by atoms with E-state index in [1.54, 1.807) is 14.1 Å². The fourth-order valence-corrected chi connectivity index (χ4v) is 1.57. The Morgan fingerprint density at radius 3 is 2.89 bits per heavy atom. The second-order valence-electron chi connectivity index (χ2n) is 4.38. The van der Waals surface area contributed by atoms with Gasteiger partial charge in [-0.1, -0.05) is 6.92 Å². The number of aromatic nitrogens is 2. The second-order valence-corrected chi connectivity index (χ2v) is 4.38. The highest BCUT2D eigenvalue weighted by Gasteiger charge is 2.02. The van der Waals surface area contributed by atoms with Crippen molar-refractivity contribution >= 4 is 6.03 Å². The van der Waals surface area contributed by atoms with Crippen LogP contribution in [0.15, 0.2) is 12.5 Å². The molecule has 1 aromatic heterocycles. The number of nitrogens with one attached hydrogen (secondary N) is 2. The van der Waals surface area contributed by atoms with Gasteiger partial charge in [-0.25, -0.2) is 9.78 Å². The highest BCUT2D eigenvalue weighted by molar-refractivity contribution is 5.73. The molecule has 0 saturated carbocycles. The Kier molecular flexibility index (Phi) is 6.21. The molecule has 2 amide bonds. The molecule has 6 nitrogen and oxygen atoms in total. The van der Waals surface area contributed by atoms with Crippen LogP contribution in [0.1, 0.15) is 19.0 Å². The van der Waals surface area contributed by atoms with Gasteiger partial charge in [-0.3, -0.25) is 0 Å². The molecule has 0 fully saturated rings. The third-order valence-electron chi connectivity index (χ3n) is 2.55. The van der Waals surface area contributed by atoms with Crippen molar-refractivity contribution < 1.29 is 4.79 Å². The number of nitrogens with zero attached hydrogens (tertiary/aromatic N) is 3. The maximum Gasteiger partial charge on any atom is 0.316 e. The molecule has 0 aliphatic rings. The first kappa shape index (κ1) is 14.5. The van der Waals surface area contributed by atoms with Crippen LogP contribution in [0.3, 0.4) is 0 Å². The van der Waals surface area contributed by atoms with E-state index in [0.29, 0.717) is 6.54 Å². The van der Waals surface area contributed by atoms with Crippen LogP contribution in [-0.2, 0) is 13.1 Å². The second kappa shape index (κ2) is 7.71. The van der Waals surface area contributed by atoms with E-state index in [-0.39, 0.29) is 6.03 Å². The highest BCUT2D eigenvalue weighted by Crippen LogP contribution is 1.99. The topological polar surface area (TPSA) is 62.2 Å². The fourth-order valence-electron chi connectivity index (χ4n) is 1.57. The zero-order chi connectivity index (χ0) is 13.4. The molecule has 0 saturated heterocycles. The number of imidazole rings is 1. The number of urea groups is 1. The van der Waals surface area contributed by atoms with Gasteiger partial charge in [0, 0.05) is 46.5 Å². The fraction of sp³-hybridized carbons (Fsp3) is 0.667. The van der Waals surface area contributed by atoms with Crippen molar-refractivity contribution in [1.29, 1.82) is 0 Å². The minimum Gasteiger partial charge on any atom is -0.337 e. The molecule has 0 atom stereocenters. The molecule has 0 spiro atoms. The standard InChI is InChI=1S/C12H23N5O/c1-4-7-17-10-14-9-11(17)8-13-5-6-15-12(18)16(2)3/h9-10,13H,4-8H2,1-3H3,(H,15,18). The zero-order valence-electron chi connectivity index (χ0n) is 11.4. The third-order valence-corrected chi connectivity index (χ3v) is 2.55. The zero-order valence-corrected chi connectivity index (χ0v) is 11.4. The Labute approximate surface area is 108 Å². The summed E-state index contributed by atoms with van der Waals surface area (Å²) in [6, 6.07) is -0.0622. The summed E-state index contributed by atoms with van der Waals surface area (Å²) in [5.74, 6) is 0. The number of hydrogen-bond acceptors (Lipinski definition) is 3. The maximum absolute atomic E-state index is 11.2. The van der Waals surface area contributed by atoms with E-state index >= 15 is 0 Å². The molecule has 6 heteroatoms. The van der Waals surface area contributed by atoms with E-state index in [9.17, 15) is 4.79 Å². The van der Waals surface area contributed by atoms with Gasteiger partial charge in [0.1, 0.15) is 0 Å². The van der Waals surface area contributed by atoms with Gasteiger partial charge in [0.05, 0.1) is 12.0 Å². The summed E-state index contributed by atoms with van der Waals surface area (Å²) >= 11 is 0. The van der Waals surface area contributed by atoms with Crippen LogP contribution < -0.4 is 10.6 Å². The number of amides is 2. The van der Waals surface area contributed by atoms with Gasteiger partial charge < -0.3 is 20.1 Å². The monoisotopic (exact) mass is 253 g/mol. The lowest BCUT2D eigenvalue weighted by Crippen LogP contribution is -2.38. The Morgan fingerprint density at radius 2 is 2.22 bits per heavy atom. The molecule has 0 bridgehead atoms. The smallest absolute Gasteiger partial charge is 0.316 e. The van der Waals surface area contributed by atoms with Crippen molar-refractivity contribution in [3.05, 3.63) is 18.2 Å². The van der Waals surface area contributed by atoms with Crippen LogP contribution in [-0.4, -0.2) is 47.7 Å². The number of carbonyl (C=O) groups is 1.